The van der Waals surface area contributed by atoms with E-state index in [9.17, 15) is 5.26 Å². The van der Waals surface area contributed by atoms with Gasteiger partial charge in [-0.15, -0.1) is 0 Å². The van der Waals surface area contributed by atoms with Gasteiger partial charge in [-0.2, -0.15) is 5.26 Å². The molecule has 0 aliphatic carbocycles. The lowest BCUT2D eigenvalue weighted by Gasteiger charge is -2.32. The van der Waals surface area contributed by atoms with E-state index < -0.39 is 18.3 Å². The molecule has 0 bridgehead atoms. The number of hydrogen-bond donors (Lipinski definition) is 1. The molecule has 0 aromatic heterocycles. The molecule has 1 aliphatic rings. The fraction of sp³-hybridized carbons (Fsp3) is 0.471. The molecule has 1 aromatic carbocycles. The first-order valence-corrected chi connectivity index (χ1v) is 7.98. The Balaban J connectivity index is 2.41. The van der Waals surface area contributed by atoms with Crippen molar-refractivity contribution >= 4 is 24.8 Å². The summed E-state index contributed by atoms with van der Waals surface area (Å²) in [4.78, 5) is 0. The predicted octanol–water partition coefficient (Wildman–Crippen LogP) is 3.45. The minimum absolute atomic E-state index is 0.406. The van der Waals surface area contributed by atoms with Crippen LogP contribution in [-0.4, -0.2) is 31.9 Å². The maximum Gasteiger partial charge on any atom is 0.491 e. The SMILES string of the molecule is CNCC(=Cc1cc(Cl)ccc1C#N)B1OC(C)(C)C(C)(C)O1. The summed E-state index contributed by atoms with van der Waals surface area (Å²) >= 11 is 6.07. The molecule has 1 N–H and O–H groups in total. The van der Waals surface area contributed by atoms with Crippen LogP contribution in [0.3, 0.4) is 0 Å². The standard InChI is InChI=1S/C17H22BClN2O2/c1-16(2)17(3,4)23-18(22-16)14(11-21-5)8-13-9-15(19)7-6-12(13)10-20/h6-9,21H,11H2,1-5H3. The topological polar surface area (TPSA) is 54.3 Å². The number of nitrogens with zero attached hydrogens (tertiary/aromatic N) is 1. The lowest BCUT2D eigenvalue weighted by Crippen LogP contribution is -2.41. The number of hydrogen-bond acceptors (Lipinski definition) is 4. The highest BCUT2D eigenvalue weighted by Gasteiger charge is 2.52. The number of nitriles is 1. The predicted molar refractivity (Wildman–Crippen MR) is 94.2 cm³/mol. The summed E-state index contributed by atoms with van der Waals surface area (Å²) in [5.74, 6) is 0. The van der Waals surface area contributed by atoms with E-state index in [1.807, 2.05) is 40.8 Å². The minimum Gasteiger partial charge on any atom is -0.400 e. The molecule has 0 unspecified atom stereocenters. The molecule has 0 saturated carbocycles. The molecule has 6 heteroatoms. The zero-order valence-electron chi connectivity index (χ0n) is 14.2. The van der Waals surface area contributed by atoms with Gasteiger partial charge in [-0.3, -0.25) is 0 Å². The quantitative estimate of drug-likeness (QED) is 0.858. The van der Waals surface area contributed by atoms with E-state index in [1.165, 1.54) is 0 Å². The van der Waals surface area contributed by atoms with Crippen LogP contribution in [0.2, 0.25) is 5.02 Å². The minimum atomic E-state index is -0.460. The van der Waals surface area contributed by atoms with Crippen LogP contribution in [0.25, 0.3) is 6.08 Å². The maximum atomic E-state index is 9.28. The third-order valence-corrected chi connectivity index (χ3v) is 4.65. The van der Waals surface area contributed by atoms with Gasteiger partial charge in [0.15, 0.2) is 0 Å². The van der Waals surface area contributed by atoms with Crippen LogP contribution in [0.15, 0.2) is 23.7 Å². The van der Waals surface area contributed by atoms with Gasteiger partial charge in [0.05, 0.1) is 22.8 Å². The second kappa shape index (κ2) is 6.66. The van der Waals surface area contributed by atoms with E-state index in [0.717, 1.165) is 11.0 Å². The summed E-state index contributed by atoms with van der Waals surface area (Å²) in [5, 5.41) is 13.0. The molecule has 23 heavy (non-hydrogen) atoms. The van der Waals surface area contributed by atoms with Gasteiger partial charge >= 0.3 is 7.12 Å². The first-order chi connectivity index (χ1) is 10.7. The van der Waals surface area contributed by atoms with E-state index in [1.54, 1.807) is 18.2 Å². The highest BCUT2D eigenvalue weighted by atomic mass is 35.5. The average Bonchev–Trinajstić information content (AvgIpc) is 2.67. The zero-order valence-corrected chi connectivity index (χ0v) is 15.0. The zero-order chi connectivity index (χ0) is 17.3. The van der Waals surface area contributed by atoms with Gasteiger partial charge in [0.2, 0.25) is 0 Å². The molecule has 1 saturated heterocycles. The third-order valence-electron chi connectivity index (χ3n) is 4.41. The van der Waals surface area contributed by atoms with Crippen molar-refractivity contribution in [3.05, 3.63) is 39.8 Å². The summed E-state index contributed by atoms with van der Waals surface area (Å²) in [6.07, 6.45) is 1.92. The van der Waals surface area contributed by atoms with Crippen LogP contribution in [0.1, 0.15) is 38.8 Å². The van der Waals surface area contributed by atoms with Gasteiger partial charge in [0.25, 0.3) is 0 Å². The van der Waals surface area contributed by atoms with Crippen molar-refractivity contribution in [3.63, 3.8) is 0 Å². The van der Waals surface area contributed by atoms with Crippen LogP contribution in [0, 0.1) is 11.3 Å². The van der Waals surface area contributed by atoms with E-state index in [4.69, 9.17) is 20.9 Å². The number of nitrogens with one attached hydrogen (secondary N) is 1. The Labute approximate surface area is 143 Å². The molecule has 0 atom stereocenters. The van der Waals surface area contributed by atoms with Crippen molar-refractivity contribution < 1.29 is 9.31 Å². The lowest BCUT2D eigenvalue weighted by atomic mass is 9.76. The molecule has 0 spiro atoms. The van der Waals surface area contributed by atoms with Crippen LogP contribution < -0.4 is 5.32 Å². The van der Waals surface area contributed by atoms with Gasteiger partial charge in [-0.05, 0) is 64.0 Å². The van der Waals surface area contributed by atoms with Gasteiger partial charge in [0, 0.05) is 11.6 Å². The normalized spacial score (nSPS) is 19.7. The maximum absolute atomic E-state index is 9.28. The third kappa shape index (κ3) is 3.78. The Kier molecular flexibility index (Phi) is 5.22. The average molecular weight is 333 g/mol. The second-order valence-corrected chi connectivity index (χ2v) is 7.12. The van der Waals surface area contributed by atoms with Crippen molar-refractivity contribution in [2.24, 2.45) is 0 Å². The molecule has 1 fully saturated rings. The summed E-state index contributed by atoms with van der Waals surface area (Å²) in [7, 11) is 1.40. The number of benzene rings is 1. The Morgan fingerprint density at radius 2 is 1.91 bits per heavy atom. The molecule has 4 nitrogen and oxygen atoms in total. The molecule has 1 aromatic rings. The lowest BCUT2D eigenvalue weighted by molar-refractivity contribution is 0.00578. The van der Waals surface area contributed by atoms with Crippen molar-refractivity contribution in [1.82, 2.24) is 5.32 Å². The second-order valence-electron chi connectivity index (χ2n) is 6.68. The van der Waals surface area contributed by atoms with Crippen LogP contribution in [-0.2, 0) is 9.31 Å². The van der Waals surface area contributed by atoms with Crippen LogP contribution >= 0.6 is 11.6 Å². The van der Waals surface area contributed by atoms with E-state index >= 15 is 0 Å². The van der Waals surface area contributed by atoms with Crippen LogP contribution in [0.5, 0.6) is 0 Å². The van der Waals surface area contributed by atoms with Crippen LogP contribution in [0.4, 0.5) is 0 Å². The first kappa shape index (κ1) is 18.0. The van der Waals surface area contributed by atoms with Gasteiger partial charge in [0.1, 0.15) is 0 Å². The molecular formula is C17H22BClN2O2. The van der Waals surface area contributed by atoms with Gasteiger partial charge < -0.3 is 14.6 Å². The molecule has 0 radical (unpaired) electrons. The van der Waals surface area contributed by atoms with Gasteiger partial charge in [-0.1, -0.05) is 17.7 Å². The van der Waals surface area contributed by atoms with Crippen molar-refractivity contribution in [2.45, 2.75) is 38.9 Å². The molecular weight excluding hydrogens is 310 g/mol. The largest absolute Gasteiger partial charge is 0.491 e. The number of halogens is 1. The Bertz CT molecular complexity index is 649. The molecule has 122 valence electrons. The summed E-state index contributed by atoms with van der Waals surface area (Å²) in [5.41, 5.74) is 1.44. The molecule has 1 heterocycles. The molecule has 1 aliphatic heterocycles. The Hall–Kier alpha value is -1.32. The number of rotatable bonds is 4. The smallest absolute Gasteiger partial charge is 0.400 e. The van der Waals surface area contributed by atoms with E-state index in [2.05, 4.69) is 11.4 Å². The van der Waals surface area contributed by atoms with Gasteiger partial charge in [-0.25, -0.2) is 0 Å². The highest BCUT2D eigenvalue weighted by Crippen LogP contribution is 2.38. The summed E-state index contributed by atoms with van der Waals surface area (Å²) in [6.45, 7) is 8.66. The van der Waals surface area contributed by atoms with E-state index in [0.29, 0.717) is 17.1 Å². The first-order valence-electron chi connectivity index (χ1n) is 7.60. The Morgan fingerprint density at radius 1 is 1.30 bits per heavy atom. The van der Waals surface area contributed by atoms with Crippen molar-refractivity contribution in [1.29, 1.82) is 5.26 Å². The van der Waals surface area contributed by atoms with Crippen molar-refractivity contribution in [2.75, 3.05) is 13.6 Å². The fourth-order valence-corrected chi connectivity index (χ4v) is 2.54. The number of likely N-dealkylation sites (N-methyl/N-ethyl adjacent to an activating group) is 1. The molecule has 2 rings (SSSR count). The van der Waals surface area contributed by atoms with E-state index in [-0.39, 0.29) is 0 Å². The summed E-state index contributed by atoms with van der Waals surface area (Å²) in [6, 6.07) is 7.40. The van der Waals surface area contributed by atoms with Crippen molar-refractivity contribution in [3.8, 4) is 6.07 Å². The highest BCUT2D eigenvalue weighted by molar-refractivity contribution is 6.56. The monoisotopic (exact) mass is 332 g/mol. The fourth-order valence-electron chi connectivity index (χ4n) is 2.36. The molecule has 0 amide bonds. The summed E-state index contributed by atoms with van der Waals surface area (Å²) < 4.78 is 12.2. The Morgan fingerprint density at radius 3 is 2.43 bits per heavy atom.